The molecule has 1 atom stereocenters. The number of aryl methyl sites for hydroxylation is 1. The first-order chi connectivity index (χ1) is 8.71. The number of rotatable bonds is 5. The van der Waals surface area contributed by atoms with Gasteiger partial charge in [-0.3, -0.25) is 4.68 Å². The highest BCUT2D eigenvalue weighted by molar-refractivity contribution is 9.10. The molecule has 0 aliphatic carbocycles. The van der Waals surface area contributed by atoms with Gasteiger partial charge in [-0.1, -0.05) is 0 Å². The average Bonchev–Trinajstić information content (AvgIpc) is 2.97. The van der Waals surface area contributed by atoms with Crippen molar-refractivity contribution in [1.82, 2.24) is 15.1 Å². The molecule has 1 N–H and O–H groups in total. The lowest BCUT2D eigenvalue weighted by Crippen LogP contribution is -2.21. The standard InChI is InChI=1S/C12H16BrN3OS/c1-4-16-12(9(17-3)6-15-16)11(14-2)10-5-8(13)7-18-10/h5-7,11,14H,4H2,1-3H3. The van der Waals surface area contributed by atoms with Crippen LogP contribution in [0.1, 0.15) is 23.5 Å². The predicted octanol–water partition coefficient (Wildman–Crippen LogP) is 3.04. The van der Waals surface area contributed by atoms with Crippen LogP contribution in [0.4, 0.5) is 0 Å². The van der Waals surface area contributed by atoms with E-state index >= 15 is 0 Å². The second-order valence-electron chi connectivity index (χ2n) is 3.80. The molecule has 0 fully saturated rings. The molecule has 0 aromatic carbocycles. The third-order valence-electron chi connectivity index (χ3n) is 2.80. The topological polar surface area (TPSA) is 39.1 Å². The van der Waals surface area contributed by atoms with E-state index in [1.54, 1.807) is 24.6 Å². The Morgan fingerprint density at radius 3 is 2.89 bits per heavy atom. The van der Waals surface area contributed by atoms with E-state index in [0.717, 1.165) is 22.5 Å². The first-order valence-electron chi connectivity index (χ1n) is 5.72. The largest absolute Gasteiger partial charge is 0.493 e. The Labute approximate surface area is 119 Å². The summed E-state index contributed by atoms with van der Waals surface area (Å²) in [6.07, 6.45) is 1.77. The first-order valence-corrected chi connectivity index (χ1v) is 7.39. The van der Waals surface area contributed by atoms with E-state index in [-0.39, 0.29) is 6.04 Å². The Morgan fingerprint density at radius 2 is 2.39 bits per heavy atom. The number of halogens is 1. The zero-order chi connectivity index (χ0) is 13.1. The van der Waals surface area contributed by atoms with Crippen molar-refractivity contribution in [2.24, 2.45) is 0 Å². The Balaban J connectivity index is 2.46. The molecule has 2 rings (SSSR count). The van der Waals surface area contributed by atoms with Gasteiger partial charge >= 0.3 is 0 Å². The van der Waals surface area contributed by atoms with Crippen LogP contribution in [0.25, 0.3) is 0 Å². The van der Waals surface area contributed by atoms with E-state index in [9.17, 15) is 0 Å². The lowest BCUT2D eigenvalue weighted by Gasteiger charge is -2.17. The summed E-state index contributed by atoms with van der Waals surface area (Å²) in [6.45, 7) is 2.90. The summed E-state index contributed by atoms with van der Waals surface area (Å²) in [5.41, 5.74) is 1.07. The lowest BCUT2D eigenvalue weighted by molar-refractivity contribution is 0.401. The molecule has 1 unspecified atom stereocenters. The molecule has 0 aliphatic heterocycles. The van der Waals surface area contributed by atoms with Gasteiger partial charge in [0.25, 0.3) is 0 Å². The molecule has 6 heteroatoms. The molecule has 0 amide bonds. The highest BCUT2D eigenvalue weighted by atomic mass is 79.9. The minimum atomic E-state index is 0.0960. The second-order valence-corrected chi connectivity index (χ2v) is 5.66. The Morgan fingerprint density at radius 1 is 1.61 bits per heavy atom. The van der Waals surface area contributed by atoms with Gasteiger partial charge in [0.2, 0.25) is 0 Å². The molecule has 0 saturated heterocycles. The molecule has 2 heterocycles. The summed E-state index contributed by atoms with van der Waals surface area (Å²) >= 11 is 5.21. The maximum atomic E-state index is 5.41. The molecule has 0 bridgehead atoms. The van der Waals surface area contributed by atoms with Crippen LogP contribution in [-0.4, -0.2) is 23.9 Å². The summed E-state index contributed by atoms with van der Waals surface area (Å²) in [4.78, 5) is 1.23. The number of nitrogens with one attached hydrogen (secondary N) is 1. The molecule has 4 nitrogen and oxygen atoms in total. The normalized spacial score (nSPS) is 12.7. The number of nitrogens with zero attached hydrogens (tertiary/aromatic N) is 2. The van der Waals surface area contributed by atoms with E-state index in [1.807, 2.05) is 11.7 Å². The van der Waals surface area contributed by atoms with Crippen molar-refractivity contribution < 1.29 is 4.74 Å². The monoisotopic (exact) mass is 329 g/mol. The second kappa shape index (κ2) is 5.86. The molecule has 2 aromatic rings. The Kier molecular flexibility index (Phi) is 4.42. The number of thiophene rings is 1. The smallest absolute Gasteiger partial charge is 0.161 e. The number of hydrogen-bond donors (Lipinski definition) is 1. The van der Waals surface area contributed by atoms with Gasteiger partial charge in [0.15, 0.2) is 5.75 Å². The molecule has 18 heavy (non-hydrogen) atoms. The number of methoxy groups -OCH3 is 1. The van der Waals surface area contributed by atoms with Crippen molar-refractivity contribution in [2.45, 2.75) is 19.5 Å². The number of hydrogen-bond acceptors (Lipinski definition) is 4. The van der Waals surface area contributed by atoms with Crippen LogP contribution in [0.3, 0.4) is 0 Å². The van der Waals surface area contributed by atoms with Crippen LogP contribution in [0.15, 0.2) is 22.1 Å². The van der Waals surface area contributed by atoms with Gasteiger partial charge in [-0.25, -0.2) is 0 Å². The highest BCUT2D eigenvalue weighted by Gasteiger charge is 2.23. The highest BCUT2D eigenvalue weighted by Crippen LogP contribution is 2.34. The van der Waals surface area contributed by atoms with Gasteiger partial charge in [-0.15, -0.1) is 11.3 Å². The van der Waals surface area contributed by atoms with E-state index in [0.29, 0.717) is 0 Å². The van der Waals surface area contributed by atoms with Crippen molar-refractivity contribution in [1.29, 1.82) is 0 Å². The fraction of sp³-hybridized carbons (Fsp3) is 0.417. The quantitative estimate of drug-likeness (QED) is 0.916. The molecule has 98 valence electrons. The third-order valence-corrected chi connectivity index (χ3v) is 4.56. The molecule has 0 saturated carbocycles. The third kappa shape index (κ3) is 2.46. The SMILES string of the molecule is CCn1ncc(OC)c1C(NC)c1cc(Br)cs1. The number of aromatic nitrogens is 2. The van der Waals surface area contributed by atoms with E-state index < -0.39 is 0 Å². The fourth-order valence-electron chi connectivity index (χ4n) is 1.97. The summed E-state index contributed by atoms with van der Waals surface area (Å²) in [5, 5.41) is 9.77. The molecular formula is C12H16BrN3OS. The molecule has 2 aromatic heterocycles. The molecule has 0 spiro atoms. The minimum Gasteiger partial charge on any atom is -0.493 e. The summed E-state index contributed by atoms with van der Waals surface area (Å²) in [6, 6.07) is 2.22. The van der Waals surface area contributed by atoms with Crippen molar-refractivity contribution in [3.05, 3.63) is 32.7 Å². The van der Waals surface area contributed by atoms with Crippen molar-refractivity contribution in [3.8, 4) is 5.75 Å². The van der Waals surface area contributed by atoms with E-state index in [1.165, 1.54) is 4.88 Å². The van der Waals surface area contributed by atoms with Crippen LogP contribution in [0.5, 0.6) is 5.75 Å². The van der Waals surface area contributed by atoms with Crippen molar-refractivity contribution in [2.75, 3.05) is 14.2 Å². The van der Waals surface area contributed by atoms with Gasteiger partial charge < -0.3 is 10.1 Å². The van der Waals surface area contributed by atoms with Gasteiger partial charge in [0, 0.05) is 21.3 Å². The number of ether oxygens (including phenoxy) is 1. The van der Waals surface area contributed by atoms with Crippen LogP contribution in [0, 0.1) is 0 Å². The predicted molar refractivity (Wildman–Crippen MR) is 77.4 cm³/mol. The molecular weight excluding hydrogens is 314 g/mol. The van der Waals surface area contributed by atoms with Crippen molar-refractivity contribution in [3.63, 3.8) is 0 Å². The van der Waals surface area contributed by atoms with Gasteiger partial charge in [0.05, 0.1) is 19.3 Å². The Bertz CT molecular complexity index is 502. The molecule has 0 radical (unpaired) electrons. The van der Waals surface area contributed by atoms with Crippen molar-refractivity contribution >= 4 is 27.3 Å². The minimum absolute atomic E-state index is 0.0960. The van der Waals surface area contributed by atoms with Gasteiger partial charge in [-0.05, 0) is 36.0 Å². The van der Waals surface area contributed by atoms with Gasteiger partial charge in [-0.2, -0.15) is 5.10 Å². The first kappa shape index (κ1) is 13.6. The van der Waals surface area contributed by atoms with Gasteiger partial charge in [0.1, 0.15) is 5.69 Å². The zero-order valence-corrected chi connectivity index (χ0v) is 13.0. The summed E-state index contributed by atoms with van der Waals surface area (Å²) in [5.74, 6) is 0.820. The van der Waals surface area contributed by atoms with Crippen LogP contribution < -0.4 is 10.1 Å². The lowest BCUT2D eigenvalue weighted by atomic mass is 10.1. The maximum absolute atomic E-state index is 5.41. The van der Waals surface area contributed by atoms with Crippen LogP contribution >= 0.6 is 27.3 Å². The fourth-order valence-corrected chi connectivity index (χ4v) is 3.53. The Hall–Kier alpha value is -0.850. The summed E-state index contributed by atoms with van der Waals surface area (Å²) < 4.78 is 8.48. The van der Waals surface area contributed by atoms with Crippen LogP contribution in [0.2, 0.25) is 0 Å². The van der Waals surface area contributed by atoms with Crippen LogP contribution in [-0.2, 0) is 6.54 Å². The zero-order valence-electron chi connectivity index (χ0n) is 10.6. The van der Waals surface area contributed by atoms with E-state index in [2.05, 4.69) is 44.7 Å². The van der Waals surface area contributed by atoms with E-state index in [4.69, 9.17) is 4.74 Å². The average molecular weight is 330 g/mol. The summed E-state index contributed by atoms with van der Waals surface area (Å²) in [7, 11) is 3.63. The maximum Gasteiger partial charge on any atom is 0.161 e. The molecule has 0 aliphatic rings.